The molecule has 5 rings (SSSR count). The molecule has 0 radical (unpaired) electrons. The van der Waals surface area contributed by atoms with Crippen LogP contribution in [-0.4, -0.2) is 85.3 Å². The Morgan fingerprint density at radius 1 is 1.06 bits per heavy atom. The maximum atomic E-state index is 14.0. The van der Waals surface area contributed by atoms with E-state index in [-0.39, 0.29) is 71.1 Å². The van der Waals surface area contributed by atoms with Gasteiger partial charge >= 0.3 is 0 Å². The van der Waals surface area contributed by atoms with E-state index in [0.717, 1.165) is 11.1 Å². The molecule has 1 saturated heterocycles. The SMILES string of the molecule is Cc1ccc2cccc(OCc3c(Cl)ccc(S(=O)(=O)NC4(C(=O)N5CCN(C(=O)C(N)CCCNC(=N)N)CC5)CCCC4)c3Cl)c2n1. The van der Waals surface area contributed by atoms with Gasteiger partial charge in [0, 0.05) is 54.4 Å². The van der Waals surface area contributed by atoms with E-state index in [0.29, 0.717) is 56.3 Å². The minimum Gasteiger partial charge on any atom is -0.487 e. The number of aryl methyl sites for hydroxylation is 1. The van der Waals surface area contributed by atoms with E-state index in [1.165, 1.54) is 12.1 Å². The predicted molar refractivity (Wildman–Crippen MR) is 189 cm³/mol. The molecule has 1 aliphatic heterocycles. The number of amides is 2. The summed E-state index contributed by atoms with van der Waals surface area (Å²) in [6.07, 6.45) is 3.00. The first-order valence-corrected chi connectivity index (χ1v) is 18.5. The molecule has 0 spiro atoms. The Balaban J connectivity index is 1.27. The summed E-state index contributed by atoms with van der Waals surface area (Å²) in [5, 5.41) is 10.9. The molecule has 2 fully saturated rings. The zero-order valence-corrected chi connectivity index (χ0v) is 29.6. The van der Waals surface area contributed by atoms with Crippen molar-refractivity contribution in [2.24, 2.45) is 11.5 Å². The normalized spacial score (nSPS) is 16.8. The molecule has 1 saturated carbocycles. The van der Waals surface area contributed by atoms with Crippen LogP contribution < -0.4 is 26.2 Å². The Hall–Kier alpha value is -3.69. The number of carbonyl (C=O) groups is 2. The number of ether oxygens (including phenoxy) is 1. The average Bonchev–Trinajstić information content (AvgIpc) is 3.54. The summed E-state index contributed by atoms with van der Waals surface area (Å²) in [4.78, 5) is 34.6. The van der Waals surface area contributed by atoms with Crippen molar-refractivity contribution in [3.63, 3.8) is 0 Å². The number of nitrogens with zero attached hydrogens (tertiary/aromatic N) is 3. The van der Waals surface area contributed by atoms with Crippen LogP contribution in [0.1, 0.15) is 49.8 Å². The Labute approximate surface area is 296 Å². The summed E-state index contributed by atoms with van der Waals surface area (Å²) in [5.74, 6) is -0.178. The molecule has 1 atom stereocenters. The molecule has 264 valence electrons. The average molecular weight is 734 g/mol. The van der Waals surface area contributed by atoms with Crippen molar-refractivity contribution < 1.29 is 22.7 Å². The number of fused-ring (bicyclic) bond motifs is 1. The first kappa shape index (κ1) is 36.6. The maximum Gasteiger partial charge on any atom is 0.243 e. The zero-order valence-electron chi connectivity index (χ0n) is 27.3. The molecule has 3 aromatic rings. The molecule has 1 aromatic heterocycles. The largest absolute Gasteiger partial charge is 0.487 e. The van der Waals surface area contributed by atoms with Crippen LogP contribution in [0.4, 0.5) is 0 Å². The molecule has 49 heavy (non-hydrogen) atoms. The van der Waals surface area contributed by atoms with Gasteiger partial charge in [-0.15, -0.1) is 0 Å². The van der Waals surface area contributed by atoms with E-state index in [1.54, 1.807) is 15.9 Å². The van der Waals surface area contributed by atoms with Crippen LogP contribution >= 0.6 is 23.2 Å². The van der Waals surface area contributed by atoms with E-state index in [1.807, 2.05) is 31.2 Å². The molecule has 13 nitrogen and oxygen atoms in total. The fraction of sp³-hybridized carbons (Fsp3) is 0.455. The van der Waals surface area contributed by atoms with Gasteiger partial charge < -0.3 is 31.3 Å². The van der Waals surface area contributed by atoms with E-state index in [2.05, 4.69) is 15.0 Å². The van der Waals surface area contributed by atoms with Crippen molar-refractivity contribution in [2.75, 3.05) is 32.7 Å². The molecule has 0 bridgehead atoms. The fourth-order valence-corrected chi connectivity index (χ4v) is 8.69. The lowest BCUT2D eigenvalue weighted by atomic mass is 9.96. The van der Waals surface area contributed by atoms with Gasteiger partial charge in [-0.25, -0.2) is 13.4 Å². The van der Waals surface area contributed by atoms with Gasteiger partial charge in [-0.1, -0.05) is 54.2 Å². The Kier molecular flexibility index (Phi) is 11.5. The van der Waals surface area contributed by atoms with Gasteiger partial charge in [0.25, 0.3) is 0 Å². The zero-order chi connectivity index (χ0) is 35.3. The summed E-state index contributed by atoms with van der Waals surface area (Å²) in [6, 6.07) is 11.5. The minimum atomic E-state index is -4.29. The van der Waals surface area contributed by atoms with Crippen LogP contribution in [0.5, 0.6) is 5.75 Å². The van der Waals surface area contributed by atoms with Gasteiger partial charge in [-0.2, -0.15) is 4.72 Å². The molecular weight excluding hydrogens is 691 g/mol. The van der Waals surface area contributed by atoms with E-state index >= 15 is 0 Å². The van der Waals surface area contributed by atoms with Crippen LogP contribution in [0.2, 0.25) is 10.0 Å². The number of aromatic nitrogens is 1. The monoisotopic (exact) mass is 732 g/mol. The van der Waals surface area contributed by atoms with Crippen LogP contribution in [0.15, 0.2) is 47.4 Å². The number of hydrogen-bond donors (Lipinski definition) is 5. The van der Waals surface area contributed by atoms with E-state index < -0.39 is 21.6 Å². The second kappa shape index (κ2) is 15.5. The molecule has 2 heterocycles. The number of benzene rings is 2. The minimum absolute atomic E-state index is 0.0921. The fourth-order valence-electron chi connectivity index (χ4n) is 6.39. The summed E-state index contributed by atoms with van der Waals surface area (Å²) in [5.41, 5.74) is 11.8. The van der Waals surface area contributed by atoms with Gasteiger partial charge in [0.05, 0.1) is 11.1 Å². The highest BCUT2D eigenvalue weighted by atomic mass is 35.5. The van der Waals surface area contributed by atoms with Crippen LogP contribution in [-0.2, 0) is 26.2 Å². The highest BCUT2D eigenvalue weighted by molar-refractivity contribution is 7.89. The quantitative estimate of drug-likeness (QED) is 0.105. The third-order valence-electron chi connectivity index (χ3n) is 9.03. The number of rotatable bonds is 12. The molecule has 2 aromatic carbocycles. The number of piperazine rings is 1. The van der Waals surface area contributed by atoms with Gasteiger partial charge in [-0.3, -0.25) is 15.0 Å². The number of halogens is 2. The van der Waals surface area contributed by atoms with Gasteiger partial charge in [0.15, 0.2) is 5.96 Å². The van der Waals surface area contributed by atoms with Crippen LogP contribution in [0, 0.1) is 12.3 Å². The number of carbonyl (C=O) groups excluding carboxylic acids is 2. The summed E-state index contributed by atoms with van der Waals surface area (Å²) in [6.45, 7) is 3.27. The first-order valence-electron chi connectivity index (χ1n) is 16.2. The smallest absolute Gasteiger partial charge is 0.243 e. The van der Waals surface area contributed by atoms with Crippen molar-refractivity contribution in [1.82, 2.24) is 24.8 Å². The van der Waals surface area contributed by atoms with Crippen LogP contribution in [0.3, 0.4) is 0 Å². The summed E-state index contributed by atoms with van der Waals surface area (Å²) < 4.78 is 36.7. The van der Waals surface area contributed by atoms with E-state index in [9.17, 15) is 18.0 Å². The highest BCUT2D eigenvalue weighted by Gasteiger charge is 2.47. The van der Waals surface area contributed by atoms with Crippen molar-refractivity contribution in [3.8, 4) is 5.75 Å². The number of para-hydroxylation sites is 1. The standard InChI is InChI=1S/C33H42Cl2N8O5S/c1-21-9-10-22-6-4-8-26(29(22)40-21)48-20-23-24(34)11-12-27(28(23)35)49(46,47)41-33(13-2-3-14-33)31(45)43-18-16-42(17-19-43)30(44)25(36)7-5-15-39-32(37)38/h4,6,8-12,25,41H,2-3,5,7,13-20,36H2,1H3,(H4,37,38,39). The number of sulfonamides is 1. The van der Waals surface area contributed by atoms with E-state index in [4.69, 9.17) is 44.8 Å². The maximum absolute atomic E-state index is 14.0. The van der Waals surface area contributed by atoms with Crippen molar-refractivity contribution in [2.45, 2.75) is 68.5 Å². The molecule has 7 N–H and O–H groups in total. The summed E-state index contributed by atoms with van der Waals surface area (Å²) >= 11 is 13.2. The van der Waals surface area contributed by atoms with Gasteiger partial charge in [-0.05, 0) is 56.9 Å². The number of hydrogen-bond acceptors (Lipinski definition) is 8. The number of guanidine groups is 1. The molecular formula is C33H42Cl2N8O5S. The lowest BCUT2D eigenvalue weighted by Crippen LogP contribution is -2.62. The number of nitrogens with two attached hydrogens (primary N) is 2. The van der Waals surface area contributed by atoms with Gasteiger partial charge in [0.1, 0.15) is 28.3 Å². The molecule has 16 heteroatoms. The third-order valence-corrected chi connectivity index (χ3v) is 11.5. The first-order chi connectivity index (χ1) is 23.3. The molecule has 1 aliphatic carbocycles. The third kappa shape index (κ3) is 8.38. The second-order valence-corrected chi connectivity index (χ2v) is 14.9. The number of nitrogens with one attached hydrogen (secondary N) is 3. The molecule has 2 aliphatic rings. The topological polar surface area (TPSA) is 197 Å². The lowest BCUT2D eigenvalue weighted by molar-refractivity contribution is -0.144. The second-order valence-electron chi connectivity index (χ2n) is 12.5. The Morgan fingerprint density at radius 2 is 1.76 bits per heavy atom. The lowest BCUT2D eigenvalue weighted by Gasteiger charge is -2.40. The summed E-state index contributed by atoms with van der Waals surface area (Å²) in [7, 11) is -4.29. The van der Waals surface area contributed by atoms with Crippen molar-refractivity contribution in [1.29, 1.82) is 5.41 Å². The van der Waals surface area contributed by atoms with Gasteiger partial charge in [0.2, 0.25) is 21.8 Å². The Morgan fingerprint density at radius 3 is 2.45 bits per heavy atom. The highest BCUT2D eigenvalue weighted by Crippen LogP contribution is 2.37. The Bertz CT molecular complexity index is 1830. The van der Waals surface area contributed by atoms with Crippen molar-refractivity contribution >= 4 is 61.9 Å². The number of pyridine rings is 1. The predicted octanol–water partition coefficient (Wildman–Crippen LogP) is 3.28. The molecule has 1 unspecified atom stereocenters. The van der Waals surface area contributed by atoms with Crippen molar-refractivity contribution in [3.05, 3.63) is 63.8 Å². The molecule has 2 amide bonds. The van der Waals surface area contributed by atoms with Crippen LogP contribution in [0.25, 0.3) is 10.9 Å².